The lowest BCUT2D eigenvalue weighted by atomic mass is 9.87. The number of carbonyl (C=O) groups is 2. The molecule has 1 aliphatic rings. The average molecular weight is 330 g/mol. The standard InChI is InChI=1S/C12H11IO3/c1-16-12(15)9-6-8(13)5-7-3-2-4-10(14)11(7)9/h5-6H,2-4H2,1H3. The van der Waals surface area contributed by atoms with E-state index in [1.54, 1.807) is 6.07 Å². The number of fused-ring (bicyclic) bond motifs is 1. The fraction of sp³-hybridized carbons (Fsp3) is 0.333. The largest absolute Gasteiger partial charge is 0.465 e. The zero-order valence-electron chi connectivity index (χ0n) is 8.88. The van der Waals surface area contributed by atoms with Crippen molar-refractivity contribution in [2.24, 2.45) is 0 Å². The second-order valence-electron chi connectivity index (χ2n) is 3.76. The van der Waals surface area contributed by atoms with Gasteiger partial charge in [0.2, 0.25) is 0 Å². The van der Waals surface area contributed by atoms with Crippen LogP contribution in [0.3, 0.4) is 0 Å². The number of esters is 1. The molecule has 1 aromatic rings. The minimum absolute atomic E-state index is 0.0538. The average Bonchev–Trinajstić information content (AvgIpc) is 2.27. The molecular weight excluding hydrogens is 319 g/mol. The van der Waals surface area contributed by atoms with Crippen molar-refractivity contribution in [2.45, 2.75) is 19.3 Å². The van der Waals surface area contributed by atoms with Gasteiger partial charge in [-0.25, -0.2) is 4.79 Å². The molecule has 4 heteroatoms. The van der Waals surface area contributed by atoms with Gasteiger partial charge >= 0.3 is 5.97 Å². The van der Waals surface area contributed by atoms with E-state index in [2.05, 4.69) is 22.6 Å². The first kappa shape index (κ1) is 11.6. The summed E-state index contributed by atoms with van der Waals surface area (Å²) < 4.78 is 5.68. The minimum atomic E-state index is -0.426. The van der Waals surface area contributed by atoms with Gasteiger partial charge in [-0.1, -0.05) is 0 Å². The molecule has 16 heavy (non-hydrogen) atoms. The number of hydrogen-bond acceptors (Lipinski definition) is 3. The first-order chi connectivity index (χ1) is 7.63. The summed E-state index contributed by atoms with van der Waals surface area (Å²) in [4.78, 5) is 23.4. The van der Waals surface area contributed by atoms with Crippen molar-refractivity contribution >= 4 is 34.3 Å². The van der Waals surface area contributed by atoms with E-state index in [1.807, 2.05) is 6.07 Å². The van der Waals surface area contributed by atoms with Crippen LogP contribution < -0.4 is 0 Å². The number of Topliss-reactive ketones (excluding diaryl/α,β-unsaturated/α-hetero) is 1. The second-order valence-corrected chi connectivity index (χ2v) is 5.00. The fourth-order valence-corrected chi connectivity index (χ4v) is 2.71. The van der Waals surface area contributed by atoms with Crippen LogP contribution in [0.1, 0.15) is 39.1 Å². The first-order valence-corrected chi connectivity index (χ1v) is 6.15. The molecule has 0 unspecified atom stereocenters. The van der Waals surface area contributed by atoms with E-state index in [4.69, 9.17) is 4.74 Å². The zero-order valence-corrected chi connectivity index (χ0v) is 11.0. The maximum absolute atomic E-state index is 11.8. The molecular formula is C12H11IO3. The Bertz CT molecular complexity index is 466. The summed E-state index contributed by atoms with van der Waals surface area (Å²) in [5, 5.41) is 0. The van der Waals surface area contributed by atoms with Crippen molar-refractivity contribution in [3.63, 3.8) is 0 Å². The SMILES string of the molecule is COC(=O)c1cc(I)cc2c1C(=O)CCC2. The van der Waals surface area contributed by atoms with Gasteiger partial charge in [0, 0.05) is 15.6 Å². The molecule has 0 bridgehead atoms. The van der Waals surface area contributed by atoms with Gasteiger partial charge in [-0.2, -0.15) is 0 Å². The Morgan fingerprint density at radius 3 is 2.81 bits per heavy atom. The number of aryl methyl sites for hydroxylation is 1. The highest BCUT2D eigenvalue weighted by Crippen LogP contribution is 2.27. The van der Waals surface area contributed by atoms with E-state index in [1.165, 1.54) is 7.11 Å². The molecule has 0 fully saturated rings. The molecule has 1 aromatic carbocycles. The van der Waals surface area contributed by atoms with E-state index in [0.717, 1.165) is 22.0 Å². The molecule has 0 atom stereocenters. The maximum Gasteiger partial charge on any atom is 0.338 e. The van der Waals surface area contributed by atoms with Crippen molar-refractivity contribution < 1.29 is 14.3 Å². The van der Waals surface area contributed by atoms with Crippen LogP contribution in [0.2, 0.25) is 0 Å². The van der Waals surface area contributed by atoms with E-state index in [-0.39, 0.29) is 5.78 Å². The van der Waals surface area contributed by atoms with Gasteiger partial charge in [0.15, 0.2) is 5.78 Å². The number of benzene rings is 1. The number of rotatable bonds is 1. The molecule has 2 rings (SSSR count). The number of halogens is 1. The Balaban J connectivity index is 2.63. The quantitative estimate of drug-likeness (QED) is 0.587. The number of hydrogen-bond donors (Lipinski definition) is 0. The second kappa shape index (κ2) is 4.53. The van der Waals surface area contributed by atoms with Crippen LogP contribution in [0.25, 0.3) is 0 Å². The molecule has 84 valence electrons. The van der Waals surface area contributed by atoms with Crippen LogP contribution in [-0.2, 0) is 11.2 Å². The molecule has 0 heterocycles. The monoisotopic (exact) mass is 330 g/mol. The van der Waals surface area contributed by atoms with Crippen LogP contribution in [0, 0.1) is 3.57 Å². The molecule has 0 radical (unpaired) electrons. The predicted molar refractivity (Wildman–Crippen MR) is 67.8 cm³/mol. The summed E-state index contributed by atoms with van der Waals surface area (Å²) in [6.45, 7) is 0. The van der Waals surface area contributed by atoms with Gasteiger partial charge < -0.3 is 4.74 Å². The molecule has 3 nitrogen and oxygen atoms in total. The minimum Gasteiger partial charge on any atom is -0.465 e. The molecule has 0 amide bonds. The van der Waals surface area contributed by atoms with Crippen LogP contribution in [0.4, 0.5) is 0 Å². The van der Waals surface area contributed by atoms with Crippen LogP contribution >= 0.6 is 22.6 Å². The van der Waals surface area contributed by atoms with Gasteiger partial charge in [-0.3, -0.25) is 4.79 Å². The van der Waals surface area contributed by atoms with Crippen molar-refractivity contribution in [1.29, 1.82) is 0 Å². The summed E-state index contributed by atoms with van der Waals surface area (Å²) in [6, 6.07) is 3.69. The van der Waals surface area contributed by atoms with Gasteiger partial charge in [0.25, 0.3) is 0 Å². The predicted octanol–water partition coefficient (Wildman–Crippen LogP) is 2.60. The number of ether oxygens (including phenoxy) is 1. The smallest absolute Gasteiger partial charge is 0.338 e. The molecule has 0 aliphatic heterocycles. The zero-order chi connectivity index (χ0) is 11.7. The van der Waals surface area contributed by atoms with Gasteiger partial charge in [-0.05, 0) is 53.1 Å². The van der Waals surface area contributed by atoms with E-state index in [9.17, 15) is 9.59 Å². The summed E-state index contributed by atoms with van der Waals surface area (Å²) >= 11 is 2.15. The van der Waals surface area contributed by atoms with Gasteiger partial charge in [0.1, 0.15) is 0 Å². The third kappa shape index (κ3) is 1.98. The molecule has 0 saturated carbocycles. The third-order valence-electron chi connectivity index (χ3n) is 2.72. The Morgan fingerprint density at radius 2 is 2.12 bits per heavy atom. The number of methoxy groups -OCH3 is 1. The lowest BCUT2D eigenvalue weighted by molar-refractivity contribution is 0.0596. The molecule has 0 saturated heterocycles. The Morgan fingerprint density at radius 1 is 1.38 bits per heavy atom. The van der Waals surface area contributed by atoms with Gasteiger partial charge in [0.05, 0.1) is 12.7 Å². The summed E-state index contributed by atoms with van der Waals surface area (Å²) in [6.07, 6.45) is 2.26. The summed E-state index contributed by atoms with van der Waals surface area (Å²) in [5.41, 5.74) is 1.95. The highest BCUT2D eigenvalue weighted by atomic mass is 127. The first-order valence-electron chi connectivity index (χ1n) is 5.07. The lowest BCUT2D eigenvalue weighted by Gasteiger charge is -2.17. The fourth-order valence-electron chi connectivity index (χ4n) is 2.03. The van der Waals surface area contributed by atoms with Crippen molar-refractivity contribution in [3.8, 4) is 0 Å². The topological polar surface area (TPSA) is 43.4 Å². The molecule has 1 aliphatic carbocycles. The van der Waals surface area contributed by atoms with E-state index in [0.29, 0.717) is 17.5 Å². The Hall–Kier alpha value is -0.910. The lowest BCUT2D eigenvalue weighted by Crippen LogP contribution is -2.17. The van der Waals surface area contributed by atoms with E-state index < -0.39 is 5.97 Å². The molecule has 0 aromatic heterocycles. The summed E-state index contributed by atoms with van der Waals surface area (Å²) in [5.74, 6) is -0.372. The van der Waals surface area contributed by atoms with Crippen molar-refractivity contribution in [1.82, 2.24) is 0 Å². The molecule has 0 spiro atoms. The normalized spacial score (nSPS) is 14.5. The number of carbonyl (C=O) groups excluding carboxylic acids is 2. The highest BCUT2D eigenvalue weighted by molar-refractivity contribution is 14.1. The van der Waals surface area contributed by atoms with Crippen molar-refractivity contribution in [3.05, 3.63) is 32.4 Å². The highest BCUT2D eigenvalue weighted by Gasteiger charge is 2.24. The molecule has 0 N–H and O–H groups in total. The van der Waals surface area contributed by atoms with Crippen LogP contribution in [0.15, 0.2) is 12.1 Å². The Kier molecular flexibility index (Phi) is 3.28. The van der Waals surface area contributed by atoms with E-state index >= 15 is 0 Å². The maximum atomic E-state index is 11.8. The number of ketones is 1. The third-order valence-corrected chi connectivity index (χ3v) is 3.34. The van der Waals surface area contributed by atoms with Crippen LogP contribution in [-0.4, -0.2) is 18.9 Å². The summed E-state index contributed by atoms with van der Waals surface area (Å²) in [7, 11) is 1.34. The van der Waals surface area contributed by atoms with Gasteiger partial charge in [-0.15, -0.1) is 0 Å². The van der Waals surface area contributed by atoms with Crippen LogP contribution in [0.5, 0.6) is 0 Å². The Labute approximate surface area is 107 Å². The van der Waals surface area contributed by atoms with Crippen molar-refractivity contribution in [2.75, 3.05) is 7.11 Å².